The number of amides is 2. The first-order valence-corrected chi connectivity index (χ1v) is 12.9. The van der Waals surface area contributed by atoms with Crippen LogP contribution in [0.3, 0.4) is 0 Å². The number of thiazole rings is 1. The van der Waals surface area contributed by atoms with E-state index in [0.717, 1.165) is 11.1 Å². The third-order valence-corrected chi connectivity index (χ3v) is 7.08. The van der Waals surface area contributed by atoms with Gasteiger partial charge in [-0.25, -0.2) is 9.78 Å². The van der Waals surface area contributed by atoms with Gasteiger partial charge in [-0.05, 0) is 63.1 Å². The molecular weight excluding hydrogens is 519 g/mol. The Labute approximate surface area is 221 Å². The molecule has 1 fully saturated rings. The largest absolute Gasteiger partial charge is 0.459 e. The lowest BCUT2D eigenvalue weighted by atomic mass is 9.96. The zero-order valence-electron chi connectivity index (χ0n) is 20.7. The van der Waals surface area contributed by atoms with Crippen LogP contribution in [0.5, 0.6) is 0 Å². The van der Waals surface area contributed by atoms with Gasteiger partial charge < -0.3 is 15.0 Å². The van der Waals surface area contributed by atoms with Crippen molar-refractivity contribution < 1.29 is 32.3 Å². The number of likely N-dealkylation sites (tertiary alicyclic amines) is 1. The van der Waals surface area contributed by atoms with Gasteiger partial charge in [0.15, 0.2) is 0 Å². The molecule has 1 aliphatic rings. The van der Waals surface area contributed by atoms with Gasteiger partial charge in [0.05, 0.1) is 27.8 Å². The van der Waals surface area contributed by atoms with Crippen LogP contribution in [0.2, 0.25) is 0 Å². The van der Waals surface area contributed by atoms with E-state index in [-0.39, 0.29) is 23.3 Å². The molecule has 0 aliphatic carbocycles. The van der Waals surface area contributed by atoms with E-state index in [1.54, 1.807) is 43.5 Å². The Bertz CT molecular complexity index is 1310. The Hall–Kier alpha value is -3.73. The summed E-state index contributed by atoms with van der Waals surface area (Å²) < 4.78 is 45.1. The number of piperidine rings is 1. The third kappa shape index (κ3) is 6.39. The number of rotatable bonds is 6. The molecule has 0 saturated carbocycles. The van der Waals surface area contributed by atoms with Gasteiger partial charge >= 0.3 is 12.1 Å². The second kappa shape index (κ2) is 11.3. The summed E-state index contributed by atoms with van der Waals surface area (Å²) in [6, 6.07) is 11.1. The van der Waals surface area contributed by atoms with E-state index < -0.39 is 29.5 Å². The lowest BCUT2D eigenvalue weighted by Gasteiger charge is -2.31. The van der Waals surface area contributed by atoms with Crippen LogP contribution < -0.4 is 5.32 Å². The molecule has 1 aromatic heterocycles. The molecule has 200 valence electrons. The van der Waals surface area contributed by atoms with Crippen LogP contribution in [0.25, 0.3) is 0 Å². The molecule has 0 spiro atoms. The Kier molecular flexibility index (Phi) is 8.15. The number of esters is 1. The van der Waals surface area contributed by atoms with Crippen LogP contribution in [0, 0.1) is 0 Å². The summed E-state index contributed by atoms with van der Waals surface area (Å²) in [5.41, 5.74) is -0.175. The van der Waals surface area contributed by atoms with Gasteiger partial charge in [-0.2, -0.15) is 13.2 Å². The van der Waals surface area contributed by atoms with Gasteiger partial charge in [-0.1, -0.05) is 12.1 Å². The topological polar surface area (TPSA) is 88.6 Å². The highest BCUT2D eigenvalue weighted by Gasteiger charge is 2.36. The SMILES string of the molecule is CC(C)OC(=O)c1ccc(NC(=O)c2csc(C3CCN(C(=O)c4ccccc4C(F)(F)F)CC3)n2)cc1. The first-order chi connectivity index (χ1) is 18.0. The maximum absolute atomic E-state index is 13.3. The molecule has 11 heteroatoms. The maximum atomic E-state index is 13.3. The lowest BCUT2D eigenvalue weighted by molar-refractivity contribution is -0.138. The van der Waals surface area contributed by atoms with Crippen molar-refractivity contribution in [2.24, 2.45) is 0 Å². The van der Waals surface area contributed by atoms with Crippen molar-refractivity contribution in [1.82, 2.24) is 9.88 Å². The molecule has 7 nitrogen and oxygen atoms in total. The van der Waals surface area contributed by atoms with Crippen LogP contribution in [0.4, 0.5) is 18.9 Å². The smallest absolute Gasteiger partial charge is 0.417 e. The normalized spacial score (nSPS) is 14.4. The van der Waals surface area contributed by atoms with Crippen LogP contribution in [-0.4, -0.2) is 46.9 Å². The van der Waals surface area contributed by atoms with Crippen molar-refractivity contribution in [2.45, 2.75) is 44.9 Å². The van der Waals surface area contributed by atoms with Gasteiger partial charge in [0.1, 0.15) is 5.69 Å². The van der Waals surface area contributed by atoms with Gasteiger partial charge in [-0.3, -0.25) is 9.59 Å². The number of hydrogen-bond acceptors (Lipinski definition) is 6. The molecule has 1 saturated heterocycles. The number of halogens is 3. The van der Waals surface area contributed by atoms with Crippen molar-refractivity contribution >= 4 is 34.8 Å². The summed E-state index contributed by atoms with van der Waals surface area (Å²) in [4.78, 5) is 43.4. The minimum Gasteiger partial charge on any atom is -0.459 e. The summed E-state index contributed by atoms with van der Waals surface area (Å²) in [5.74, 6) is -1.49. The Morgan fingerprint density at radius 2 is 1.71 bits per heavy atom. The second-order valence-electron chi connectivity index (χ2n) is 9.17. The Balaban J connectivity index is 1.34. The predicted octanol–water partition coefficient (Wildman–Crippen LogP) is 6.00. The molecule has 1 aliphatic heterocycles. The number of alkyl halides is 3. The molecule has 2 amide bonds. The van der Waals surface area contributed by atoms with Crippen molar-refractivity contribution in [1.29, 1.82) is 0 Å². The monoisotopic (exact) mass is 545 g/mol. The zero-order chi connectivity index (χ0) is 27.4. The third-order valence-electron chi connectivity index (χ3n) is 6.07. The number of nitrogens with zero attached hydrogens (tertiary/aromatic N) is 2. The van der Waals surface area contributed by atoms with Crippen molar-refractivity contribution in [3.63, 3.8) is 0 Å². The van der Waals surface area contributed by atoms with Crippen molar-refractivity contribution in [2.75, 3.05) is 18.4 Å². The highest BCUT2D eigenvalue weighted by molar-refractivity contribution is 7.10. The van der Waals surface area contributed by atoms with Crippen LogP contribution >= 0.6 is 11.3 Å². The maximum Gasteiger partial charge on any atom is 0.417 e. The molecule has 2 heterocycles. The fourth-order valence-electron chi connectivity index (χ4n) is 4.16. The predicted molar refractivity (Wildman–Crippen MR) is 136 cm³/mol. The second-order valence-corrected chi connectivity index (χ2v) is 10.1. The minimum absolute atomic E-state index is 0.00490. The molecule has 4 rings (SSSR count). The van der Waals surface area contributed by atoms with Gasteiger partial charge in [0.25, 0.3) is 11.8 Å². The average Bonchev–Trinajstić information content (AvgIpc) is 3.38. The van der Waals surface area contributed by atoms with E-state index in [4.69, 9.17) is 4.74 Å². The molecular formula is C27H26F3N3O4S. The summed E-state index contributed by atoms with van der Waals surface area (Å²) in [6.07, 6.45) is -3.78. The highest BCUT2D eigenvalue weighted by Crippen LogP contribution is 2.34. The minimum atomic E-state index is -4.61. The lowest BCUT2D eigenvalue weighted by Crippen LogP contribution is -2.38. The summed E-state index contributed by atoms with van der Waals surface area (Å²) in [6.45, 7) is 4.11. The number of aromatic nitrogens is 1. The fourth-order valence-corrected chi connectivity index (χ4v) is 5.13. The van der Waals surface area contributed by atoms with Crippen LogP contribution in [0.15, 0.2) is 53.9 Å². The quantitative estimate of drug-likeness (QED) is 0.384. The van der Waals surface area contributed by atoms with E-state index in [0.29, 0.717) is 37.2 Å². The summed E-state index contributed by atoms with van der Waals surface area (Å²) >= 11 is 1.33. The van der Waals surface area contributed by atoms with Gasteiger partial charge in [0, 0.05) is 30.1 Å². The van der Waals surface area contributed by atoms with Crippen LogP contribution in [0.1, 0.15) is 74.4 Å². The van der Waals surface area contributed by atoms with Gasteiger partial charge in [0.2, 0.25) is 0 Å². The Morgan fingerprint density at radius 1 is 1.05 bits per heavy atom. The Morgan fingerprint density at radius 3 is 2.34 bits per heavy atom. The first-order valence-electron chi connectivity index (χ1n) is 12.1. The number of hydrogen-bond donors (Lipinski definition) is 1. The van der Waals surface area contributed by atoms with E-state index in [1.807, 2.05) is 0 Å². The molecule has 0 radical (unpaired) electrons. The molecule has 3 aromatic rings. The molecule has 0 unspecified atom stereocenters. The number of nitrogens with one attached hydrogen (secondary N) is 1. The molecule has 1 N–H and O–H groups in total. The van der Waals surface area contributed by atoms with Crippen molar-refractivity contribution in [3.8, 4) is 0 Å². The standard InChI is InChI=1S/C27H26F3N3O4S/c1-16(2)37-26(36)18-7-9-19(10-8-18)31-23(34)22-15-38-24(32-22)17-11-13-33(14-12-17)25(35)20-5-3-4-6-21(20)27(28,29)30/h3-10,15-17H,11-14H2,1-2H3,(H,31,34). The number of carbonyl (C=O) groups excluding carboxylic acids is 3. The zero-order valence-corrected chi connectivity index (χ0v) is 21.6. The molecule has 0 atom stereocenters. The van der Waals surface area contributed by atoms with E-state index in [1.165, 1.54) is 34.4 Å². The van der Waals surface area contributed by atoms with Gasteiger partial charge in [-0.15, -0.1) is 11.3 Å². The molecule has 2 aromatic carbocycles. The average molecular weight is 546 g/mol. The van der Waals surface area contributed by atoms with Crippen LogP contribution in [-0.2, 0) is 10.9 Å². The number of benzene rings is 2. The van der Waals surface area contributed by atoms with E-state index in [9.17, 15) is 27.6 Å². The van der Waals surface area contributed by atoms with E-state index in [2.05, 4.69) is 10.3 Å². The number of ether oxygens (including phenoxy) is 1. The summed E-state index contributed by atoms with van der Waals surface area (Å²) in [5, 5.41) is 5.14. The fraction of sp³-hybridized carbons (Fsp3) is 0.333. The molecule has 0 bridgehead atoms. The van der Waals surface area contributed by atoms with Crippen molar-refractivity contribution in [3.05, 3.63) is 81.3 Å². The first kappa shape index (κ1) is 27.3. The number of anilines is 1. The molecule has 38 heavy (non-hydrogen) atoms. The number of carbonyl (C=O) groups is 3. The summed E-state index contributed by atoms with van der Waals surface area (Å²) in [7, 11) is 0. The van der Waals surface area contributed by atoms with E-state index >= 15 is 0 Å². The highest BCUT2D eigenvalue weighted by atomic mass is 32.1.